The van der Waals surface area contributed by atoms with Gasteiger partial charge in [0.15, 0.2) is 0 Å². The normalized spacial score (nSPS) is 10.3. The molecular formula is C14H18N2OS. The van der Waals surface area contributed by atoms with Gasteiger partial charge in [-0.25, -0.2) is 0 Å². The molecule has 18 heavy (non-hydrogen) atoms. The Morgan fingerprint density at radius 1 is 1.22 bits per heavy atom. The largest absolute Gasteiger partial charge is 0.495 e. The summed E-state index contributed by atoms with van der Waals surface area (Å²) < 4.78 is 5.41. The number of anilines is 1. The average molecular weight is 262 g/mol. The second-order valence-electron chi connectivity index (χ2n) is 3.96. The summed E-state index contributed by atoms with van der Waals surface area (Å²) in [6.45, 7) is 2.32. The van der Waals surface area contributed by atoms with Gasteiger partial charge in [-0.1, -0.05) is 18.2 Å². The number of rotatable bonds is 6. The van der Waals surface area contributed by atoms with Gasteiger partial charge in [0.25, 0.3) is 0 Å². The lowest BCUT2D eigenvalue weighted by Crippen LogP contribution is -2.28. The first-order chi connectivity index (χ1) is 8.85. The molecule has 0 aliphatic carbocycles. The Morgan fingerprint density at radius 3 is 2.72 bits per heavy atom. The SMILES string of the molecule is COc1ccccc1N(CCN)Cc1cccs1. The van der Waals surface area contributed by atoms with Gasteiger partial charge in [0.1, 0.15) is 5.75 Å². The summed E-state index contributed by atoms with van der Waals surface area (Å²) in [5, 5.41) is 2.10. The van der Waals surface area contributed by atoms with Gasteiger partial charge in [-0.15, -0.1) is 11.3 Å². The highest BCUT2D eigenvalue weighted by Gasteiger charge is 2.11. The molecular weight excluding hydrogens is 244 g/mol. The van der Waals surface area contributed by atoms with Crippen molar-refractivity contribution in [2.24, 2.45) is 5.73 Å². The van der Waals surface area contributed by atoms with Crippen LogP contribution in [0, 0.1) is 0 Å². The van der Waals surface area contributed by atoms with E-state index in [1.165, 1.54) is 4.88 Å². The van der Waals surface area contributed by atoms with Crippen molar-refractivity contribution < 1.29 is 4.74 Å². The Morgan fingerprint density at radius 2 is 2.06 bits per heavy atom. The van der Waals surface area contributed by atoms with Crippen LogP contribution < -0.4 is 15.4 Å². The lowest BCUT2D eigenvalue weighted by atomic mass is 10.2. The molecule has 0 spiro atoms. The van der Waals surface area contributed by atoms with E-state index in [-0.39, 0.29) is 0 Å². The molecule has 0 aliphatic rings. The summed E-state index contributed by atoms with van der Waals surface area (Å²) in [4.78, 5) is 3.58. The van der Waals surface area contributed by atoms with E-state index < -0.39 is 0 Å². The number of methoxy groups -OCH3 is 1. The molecule has 2 aromatic rings. The Kier molecular flexibility index (Phi) is 4.61. The van der Waals surface area contributed by atoms with Crippen molar-refractivity contribution in [2.75, 3.05) is 25.1 Å². The maximum absolute atomic E-state index is 5.71. The molecule has 0 saturated heterocycles. The van der Waals surface area contributed by atoms with Crippen LogP contribution in [0.3, 0.4) is 0 Å². The number of hydrogen-bond acceptors (Lipinski definition) is 4. The van der Waals surface area contributed by atoms with Crippen molar-refractivity contribution in [2.45, 2.75) is 6.54 Å². The topological polar surface area (TPSA) is 38.5 Å². The molecule has 2 N–H and O–H groups in total. The van der Waals surface area contributed by atoms with E-state index in [1.54, 1.807) is 18.4 Å². The van der Waals surface area contributed by atoms with Crippen LogP contribution in [-0.4, -0.2) is 20.2 Å². The predicted octanol–water partition coefficient (Wildman–Crippen LogP) is 2.72. The van der Waals surface area contributed by atoms with Crippen LogP contribution in [-0.2, 0) is 6.54 Å². The van der Waals surface area contributed by atoms with Crippen molar-refractivity contribution in [3.05, 3.63) is 46.7 Å². The van der Waals surface area contributed by atoms with Crippen molar-refractivity contribution >= 4 is 17.0 Å². The van der Waals surface area contributed by atoms with E-state index in [1.807, 2.05) is 18.2 Å². The molecule has 1 aromatic carbocycles. The second-order valence-corrected chi connectivity index (χ2v) is 4.99. The smallest absolute Gasteiger partial charge is 0.142 e. The van der Waals surface area contributed by atoms with Crippen molar-refractivity contribution in [1.29, 1.82) is 0 Å². The summed E-state index contributed by atoms with van der Waals surface area (Å²) in [6.07, 6.45) is 0. The predicted molar refractivity (Wildman–Crippen MR) is 77.4 cm³/mol. The maximum atomic E-state index is 5.71. The monoisotopic (exact) mass is 262 g/mol. The zero-order valence-corrected chi connectivity index (χ0v) is 11.3. The summed E-state index contributed by atoms with van der Waals surface area (Å²) in [5.41, 5.74) is 6.80. The van der Waals surface area contributed by atoms with Crippen LogP contribution in [0.15, 0.2) is 41.8 Å². The van der Waals surface area contributed by atoms with Gasteiger partial charge < -0.3 is 15.4 Å². The highest BCUT2D eigenvalue weighted by atomic mass is 32.1. The van der Waals surface area contributed by atoms with Crippen LogP contribution >= 0.6 is 11.3 Å². The van der Waals surface area contributed by atoms with Crippen LogP contribution in [0.1, 0.15) is 4.88 Å². The lowest BCUT2D eigenvalue weighted by Gasteiger charge is -2.25. The minimum atomic E-state index is 0.628. The Hall–Kier alpha value is -1.52. The van der Waals surface area contributed by atoms with Crippen LogP contribution in [0.25, 0.3) is 0 Å². The average Bonchev–Trinajstić information content (AvgIpc) is 2.91. The highest BCUT2D eigenvalue weighted by molar-refractivity contribution is 7.09. The molecule has 0 atom stereocenters. The van der Waals surface area contributed by atoms with Crippen molar-refractivity contribution in [3.63, 3.8) is 0 Å². The van der Waals surface area contributed by atoms with E-state index in [2.05, 4.69) is 28.5 Å². The minimum absolute atomic E-state index is 0.628. The highest BCUT2D eigenvalue weighted by Crippen LogP contribution is 2.29. The number of hydrogen-bond donors (Lipinski definition) is 1. The van der Waals surface area contributed by atoms with E-state index in [4.69, 9.17) is 10.5 Å². The molecule has 0 amide bonds. The Bertz CT molecular complexity index is 470. The zero-order valence-electron chi connectivity index (χ0n) is 10.5. The third-order valence-corrected chi connectivity index (χ3v) is 3.61. The fourth-order valence-corrected chi connectivity index (χ4v) is 2.64. The quantitative estimate of drug-likeness (QED) is 0.870. The van der Waals surface area contributed by atoms with Gasteiger partial charge in [-0.05, 0) is 23.6 Å². The van der Waals surface area contributed by atoms with Crippen molar-refractivity contribution in [3.8, 4) is 5.75 Å². The molecule has 4 heteroatoms. The first-order valence-electron chi connectivity index (χ1n) is 5.95. The molecule has 96 valence electrons. The Labute approximate surface area is 112 Å². The van der Waals surface area contributed by atoms with Gasteiger partial charge >= 0.3 is 0 Å². The molecule has 0 saturated carbocycles. The lowest BCUT2D eigenvalue weighted by molar-refractivity contribution is 0.414. The first kappa shape index (κ1) is 12.9. The fourth-order valence-electron chi connectivity index (χ4n) is 1.92. The number of nitrogens with zero attached hydrogens (tertiary/aromatic N) is 1. The van der Waals surface area contributed by atoms with Gasteiger partial charge in [0.05, 0.1) is 19.3 Å². The molecule has 0 fully saturated rings. The molecule has 0 aliphatic heterocycles. The standard InChI is InChI=1S/C14H18N2OS/c1-17-14-7-3-2-6-13(14)16(9-8-15)11-12-5-4-10-18-12/h2-7,10H,8-9,11,15H2,1H3. The van der Waals surface area contributed by atoms with Crippen molar-refractivity contribution in [1.82, 2.24) is 0 Å². The van der Waals surface area contributed by atoms with Gasteiger partial charge in [-0.3, -0.25) is 0 Å². The zero-order chi connectivity index (χ0) is 12.8. The molecule has 3 nitrogen and oxygen atoms in total. The van der Waals surface area contributed by atoms with E-state index in [0.29, 0.717) is 6.54 Å². The maximum Gasteiger partial charge on any atom is 0.142 e. The minimum Gasteiger partial charge on any atom is -0.495 e. The number of ether oxygens (including phenoxy) is 1. The summed E-state index contributed by atoms with van der Waals surface area (Å²) in [7, 11) is 1.70. The van der Waals surface area contributed by atoms with E-state index >= 15 is 0 Å². The van der Waals surface area contributed by atoms with E-state index in [9.17, 15) is 0 Å². The third kappa shape index (κ3) is 3.03. The summed E-state index contributed by atoms with van der Waals surface area (Å²) in [5.74, 6) is 0.891. The number of para-hydroxylation sites is 2. The van der Waals surface area contributed by atoms with Crippen LogP contribution in [0.5, 0.6) is 5.75 Å². The van der Waals surface area contributed by atoms with Crippen LogP contribution in [0.2, 0.25) is 0 Å². The first-order valence-corrected chi connectivity index (χ1v) is 6.83. The Balaban J connectivity index is 2.23. The van der Waals surface area contributed by atoms with Gasteiger partial charge in [0.2, 0.25) is 0 Å². The van der Waals surface area contributed by atoms with Gasteiger partial charge in [0, 0.05) is 18.0 Å². The van der Waals surface area contributed by atoms with E-state index in [0.717, 1.165) is 24.5 Å². The number of thiophene rings is 1. The summed E-state index contributed by atoms with van der Waals surface area (Å²) in [6, 6.07) is 12.3. The summed E-state index contributed by atoms with van der Waals surface area (Å²) >= 11 is 1.76. The number of benzene rings is 1. The third-order valence-electron chi connectivity index (χ3n) is 2.75. The second kappa shape index (κ2) is 6.42. The fraction of sp³-hybridized carbons (Fsp3) is 0.286. The number of nitrogens with two attached hydrogens (primary N) is 1. The molecule has 0 unspecified atom stereocenters. The van der Waals surface area contributed by atoms with Crippen LogP contribution in [0.4, 0.5) is 5.69 Å². The molecule has 0 bridgehead atoms. The van der Waals surface area contributed by atoms with Gasteiger partial charge in [-0.2, -0.15) is 0 Å². The molecule has 2 rings (SSSR count). The molecule has 1 aromatic heterocycles. The molecule has 0 radical (unpaired) electrons. The molecule has 1 heterocycles.